The highest BCUT2D eigenvalue weighted by Gasteiger charge is 2.22. The molecule has 0 saturated heterocycles. The first-order valence-corrected chi connectivity index (χ1v) is 6.41. The minimum atomic E-state index is -0.517. The first-order valence-electron chi connectivity index (χ1n) is 5.54. The molecule has 2 aromatic rings. The van der Waals surface area contributed by atoms with Gasteiger partial charge in [0.1, 0.15) is 12.4 Å². The molecule has 6 heteroatoms. The number of ether oxygens (including phenoxy) is 1. The molecule has 3 rings (SSSR count). The zero-order valence-corrected chi connectivity index (χ0v) is 10.5. The van der Waals surface area contributed by atoms with E-state index in [1.54, 1.807) is 17.4 Å². The topological polar surface area (TPSA) is 68.1 Å². The highest BCUT2D eigenvalue weighted by Crippen LogP contribution is 2.23. The Kier molecular flexibility index (Phi) is 2.92. The van der Waals surface area contributed by atoms with Gasteiger partial charge < -0.3 is 4.74 Å². The average Bonchev–Trinajstić information content (AvgIpc) is 2.94. The number of rotatable bonds is 3. The first kappa shape index (κ1) is 11.7. The van der Waals surface area contributed by atoms with Gasteiger partial charge in [-0.25, -0.2) is 0 Å². The summed E-state index contributed by atoms with van der Waals surface area (Å²) < 4.78 is 5.57. The van der Waals surface area contributed by atoms with Crippen molar-refractivity contribution in [2.24, 2.45) is 10.2 Å². The molecule has 0 saturated carbocycles. The molecule has 0 radical (unpaired) electrons. The lowest BCUT2D eigenvalue weighted by Gasteiger charge is -2.10. The van der Waals surface area contributed by atoms with E-state index in [-0.39, 0.29) is 11.1 Å². The van der Waals surface area contributed by atoms with Crippen molar-refractivity contribution in [3.8, 4) is 5.75 Å². The van der Waals surface area contributed by atoms with Gasteiger partial charge in [0.05, 0.1) is 11.1 Å². The van der Waals surface area contributed by atoms with Crippen molar-refractivity contribution in [2.45, 2.75) is 6.61 Å². The van der Waals surface area contributed by atoms with Crippen molar-refractivity contribution in [2.75, 3.05) is 0 Å². The normalized spacial score (nSPS) is 13.5. The second kappa shape index (κ2) is 4.74. The van der Waals surface area contributed by atoms with Crippen LogP contribution in [0, 0.1) is 0 Å². The highest BCUT2D eigenvalue weighted by molar-refractivity contribution is 7.09. The number of carbonyl (C=O) groups excluding carboxylic acids is 2. The molecule has 0 atom stereocenters. The van der Waals surface area contributed by atoms with Crippen LogP contribution in [-0.2, 0) is 6.61 Å². The fourth-order valence-corrected chi connectivity index (χ4v) is 2.34. The summed E-state index contributed by atoms with van der Waals surface area (Å²) in [6.07, 6.45) is 0. The van der Waals surface area contributed by atoms with E-state index in [9.17, 15) is 9.59 Å². The van der Waals surface area contributed by atoms with Crippen LogP contribution in [0.5, 0.6) is 5.75 Å². The third-order valence-corrected chi connectivity index (χ3v) is 3.49. The second-order valence-corrected chi connectivity index (χ2v) is 4.92. The van der Waals surface area contributed by atoms with Crippen LogP contribution in [0.15, 0.2) is 45.9 Å². The van der Waals surface area contributed by atoms with Crippen LogP contribution in [0.4, 0.5) is 0 Å². The van der Waals surface area contributed by atoms with Gasteiger partial charge in [0.25, 0.3) is 11.8 Å². The van der Waals surface area contributed by atoms with Crippen molar-refractivity contribution in [1.82, 2.24) is 0 Å². The molecule has 94 valence electrons. The molecule has 0 aliphatic carbocycles. The molecular formula is C13H8N2O3S. The molecule has 0 unspecified atom stereocenters. The number of hydrogen-bond acceptors (Lipinski definition) is 4. The lowest BCUT2D eigenvalue weighted by Crippen LogP contribution is -2.11. The standard InChI is InChI=1S/C13H8N2O3S/c16-12-10-4-3-8(6-11(10)13(17)15-14-12)18-7-9-2-1-5-19-9/h1-6H,7H2. The first-order chi connectivity index (χ1) is 9.24. The van der Waals surface area contributed by atoms with Gasteiger partial charge in [-0.15, -0.1) is 21.6 Å². The molecule has 0 N–H and O–H groups in total. The van der Waals surface area contributed by atoms with Crippen LogP contribution in [0.3, 0.4) is 0 Å². The fraction of sp³-hybridized carbons (Fsp3) is 0.0769. The number of fused-ring (bicyclic) bond motifs is 1. The van der Waals surface area contributed by atoms with Crippen LogP contribution in [0.25, 0.3) is 0 Å². The minimum absolute atomic E-state index is 0.240. The van der Waals surface area contributed by atoms with Gasteiger partial charge in [0.15, 0.2) is 0 Å². The van der Waals surface area contributed by atoms with E-state index in [1.807, 2.05) is 17.5 Å². The van der Waals surface area contributed by atoms with Crippen molar-refractivity contribution in [3.05, 3.63) is 51.7 Å². The van der Waals surface area contributed by atoms with E-state index in [0.717, 1.165) is 4.88 Å². The Morgan fingerprint density at radius 1 is 1.05 bits per heavy atom. The Morgan fingerprint density at radius 2 is 1.84 bits per heavy atom. The van der Waals surface area contributed by atoms with Crippen LogP contribution < -0.4 is 4.74 Å². The summed E-state index contributed by atoms with van der Waals surface area (Å²) in [5, 5.41) is 8.52. The maximum absolute atomic E-state index is 11.6. The third kappa shape index (κ3) is 2.30. The Labute approximate surface area is 112 Å². The fourth-order valence-electron chi connectivity index (χ4n) is 1.72. The molecule has 0 bridgehead atoms. The largest absolute Gasteiger partial charge is 0.488 e. The number of carbonyl (C=O) groups is 2. The van der Waals surface area contributed by atoms with Gasteiger partial charge in [0, 0.05) is 4.88 Å². The van der Waals surface area contributed by atoms with Crippen molar-refractivity contribution >= 4 is 23.2 Å². The molecule has 0 spiro atoms. The maximum atomic E-state index is 11.6. The van der Waals surface area contributed by atoms with E-state index in [4.69, 9.17) is 4.74 Å². The summed E-state index contributed by atoms with van der Waals surface area (Å²) in [5.41, 5.74) is 0.507. The molecule has 19 heavy (non-hydrogen) atoms. The van der Waals surface area contributed by atoms with Crippen LogP contribution >= 0.6 is 11.3 Å². The van der Waals surface area contributed by atoms with Crippen molar-refractivity contribution in [1.29, 1.82) is 0 Å². The van der Waals surface area contributed by atoms with Crippen LogP contribution in [0.2, 0.25) is 0 Å². The number of benzene rings is 1. The van der Waals surface area contributed by atoms with Crippen molar-refractivity contribution < 1.29 is 14.3 Å². The molecule has 1 aliphatic rings. The van der Waals surface area contributed by atoms with E-state index >= 15 is 0 Å². The summed E-state index contributed by atoms with van der Waals surface area (Å²) in [6, 6.07) is 8.63. The Hall–Kier alpha value is -2.34. The zero-order valence-electron chi connectivity index (χ0n) is 9.70. The quantitative estimate of drug-likeness (QED) is 0.862. The summed E-state index contributed by atoms with van der Waals surface area (Å²) in [4.78, 5) is 24.1. The van der Waals surface area contributed by atoms with Gasteiger partial charge in [0.2, 0.25) is 0 Å². The van der Waals surface area contributed by atoms with Gasteiger partial charge in [-0.1, -0.05) is 6.07 Å². The van der Waals surface area contributed by atoms with Crippen LogP contribution in [0.1, 0.15) is 25.6 Å². The van der Waals surface area contributed by atoms with Crippen LogP contribution in [-0.4, -0.2) is 11.8 Å². The number of nitrogens with zero attached hydrogens (tertiary/aromatic N) is 2. The summed E-state index contributed by atoms with van der Waals surface area (Å²) in [7, 11) is 0. The average molecular weight is 272 g/mol. The Bertz CT molecular complexity index is 677. The smallest absolute Gasteiger partial charge is 0.296 e. The van der Waals surface area contributed by atoms with E-state index in [1.165, 1.54) is 12.1 Å². The monoisotopic (exact) mass is 272 g/mol. The lowest BCUT2D eigenvalue weighted by molar-refractivity contribution is 0.0920. The molecular weight excluding hydrogens is 264 g/mol. The molecule has 1 aliphatic heterocycles. The van der Waals surface area contributed by atoms with Crippen molar-refractivity contribution in [3.63, 3.8) is 0 Å². The molecule has 1 aromatic carbocycles. The highest BCUT2D eigenvalue weighted by atomic mass is 32.1. The molecule has 2 amide bonds. The number of azo groups is 1. The maximum Gasteiger partial charge on any atom is 0.296 e. The van der Waals surface area contributed by atoms with E-state index in [0.29, 0.717) is 12.4 Å². The van der Waals surface area contributed by atoms with Gasteiger partial charge in [-0.2, -0.15) is 0 Å². The van der Waals surface area contributed by atoms with Gasteiger partial charge in [-0.05, 0) is 29.6 Å². The number of hydrogen-bond donors (Lipinski definition) is 0. The summed E-state index contributed by atoms with van der Waals surface area (Å²) >= 11 is 1.59. The predicted molar refractivity (Wildman–Crippen MR) is 68.6 cm³/mol. The zero-order chi connectivity index (χ0) is 13.2. The van der Waals surface area contributed by atoms with Gasteiger partial charge in [-0.3, -0.25) is 9.59 Å². The molecule has 2 heterocycles. The van der Waals surface area contributed by atoms with E-state index in [2.05, 4.69) is 10.2 Å². The Morgan fingerprint density at radius 3 is 2.58 bits per heavy atom. The molecule has 5 nitrogen and oxygen atoms in total. The second-order valence-electron chi connectivity index (χ2n) is 3.89. The third-order valence-electron chi connectivity index (χ3n) is 2.64. The molecule has 1 aromatic heterocycles. The van der Waals surface area contributed by atoms with Gasteiger partial charge >= 0.3 is 0 Å². The Balaban J connectivity index is 1.84. The number of thiophene rings is 1. The summed E-state index contributed by atoms with van der Waals surface area (Å²) in [5.74, 6) is -0.485. The number of amides is 2. The lowest BCUT2D eigenvalue weighted by atomic mass is 10.1. The minimum Gasteiger partial charge on any atom is -0.488 e. The predicted octanol–water partition coefficient (Wildman–Crippen LogP) is 3.07. The SMILES string of the molecule is O=C1N=NC(=O)c2cc(OCc3cccs3)ccc21. The van der Waals surface area contributed by atoms with E-state index < -0.39 is 11.8 Å². The summed E-state index contributed by atoms with van der Waals surface area (Å²) in [6.45, 7) is 0.431. The molecule has 0 fully saturated rings.